The number of rotatable bonds is 2. The van der Waals surface area contributed by atoms with Gasteiger partial charge in [-0.2, -0.15) is 13.2 Å². The van der Waals surface area contributed by atoms with E-state index in [2.05, 4.69) is 4.99 Å². The van der Waals surface area contributed by atoms with E-state index in [0.29, 0.717) is 0 Å². The highest BCUT2D eigenvalue weighted by molar-refractivity contribution is 6.67. The topological polar surface area (TPSA) is 21.6 Å². The summed E-state index contributed by atoms with van der Waals surface area (Å²) >= 11 is 4.92. The highest BCUT2D eigenvalue weighted by atomic mass is 35.5. The van der Waals surface area contributed by atoms with Crippen molar-refractivity contribution in [3.05, 3.63) is 24.0 Å². The van der Waals surface area contributed by atoms with Crippen LogP contribution in [0.15, 0.2) is 23.2 Å². The molecule has 0 radical (unpaired) electrons. The first-order valence-electron chi connectivity index (χ1n) is 3.99. The molecule has 0 saturated heterocycles. The molecule has 1 aromatic rings. The summed E-state index contributed by atoms with van der Waals surface area (Å²) in [5.74, 6) is -0.727. The van der Waals surface area contributed by atoms with Crippen molar-refractivity contribution in [2.75, 3.05) is 7.11 Å². The average molecular weight is 256 g/mol. The van der Waals surface area contributed by atoms with Gasteiger partial charge in [0.15, 0.2) is 0 Å². The van der Waals surface area contributed by atoms with Gasteiger partial charge in [-0.15, -0.1) is 0 Å². The van der Waals surface area contributed by atoms with Crippen LogP contribution < -0.4 is 4.74 Å². The lowest BCUT2D eigenvalue weighted by Gasteiger charge is -2.06. The van der Waals surface area contributed by atoms with Gasteiger partial charge in [-0.3, -0.25) is 0 Å². The van der Waals surface area contributed by atoms with Crippen molar-refractivity contribution in [1.29, 1.82) is 0 Å². The molecule has 0 fully saturated rings. The van der Waals surface area contributed by atoms with E-state index in [1.807, 2.05) is 0 Å². The van der Waals surface area contributed by atoms with Gasteiger partial charge in [0, 0.05) is 6.07 Å². The van der Waals surface area contributed by atoms with Crippen LogP contribution in [0.2, 0.25) is 0 Å². The second kappa shape index (κ2) is 4.69. The number of alkyl halides is 3. The molecule has 0 bridgehead atoms. The van der Waals surface area contributed by atoms with Gasteiger partial charge in [-0.25, -0.2) is 9.38 Å². The number of hydrogen-bond donors (Lipinski definition) is 0. The first-order chi connectivity index (χ1) is 7.34. The monoisotopic (exact) mass is 255 g/mol. The average Bonchev–Trinajstić information content (AvgIpc) is 2.16. The van der Waals surface area contributed by atoms with E-state index >= 15 is 0 Å². The van der Waals surface area contributed by atoms with Crippen LogP contribution >= 0.6 is 11.6 Å². The zero-order valence-electron chi connectivity index (χ0n) is 7.98. The molecule has 0 unspecified atom stereocenters. The Bertz CT molecular complexity index is 416. The van der Waals surface area contributed by atoms with Crippen molar-refractivity contribution in [3.8, 4) is 5.75 Å². The molecule has 88 valence electrons. The van der Waals surface area contributed by atoms with Crippen LogP contribution in [0.5, 0.6) is 5.75 Å². The molecule has 0 aromatic heterocycles. The Kier molecular flexibility index (Phi) is 3.74. The van der Waals surface area contributed by atoms with Crippen molar-refractivity contribution in [2.45, 2.75) is 6.18 Å². The molecule has 0 atom stereocenters. The predicted molar refractivity (Wildman–Crippen MR) is 52.0 cm³/mol. The Morgan fingerprint density at radius 2 is 2.00 bits per heavy atom. The molecule has 0 aliphatic heterocycles. The van der Waals surface area contributed by atoms with Crippen LogP contribution in [0.1, 0.15) is 0 Å². The summed E-state index contributed by atoms with van der Waals surface area (Å²) in [5.41, 5.74) is -0.315. The maximum Gasteiger partial charge on any atom is 0.444 e. The van der Waals surface area contributed by atoms with Gasteiger partial charge in [-0.1, -0.05) is 11.6 Å². The number of hydrogen-bond acceptors (Lipinski definition) is 2. The third-order valence-electron chi connectivity index (χ3n) is 1.59. The Hall–Kier alpha value is -1.30. The van der Waals surface area contributed by atoms with E-state index in [9.17, 15) is 17.6 Å². The minimum atomic E-state index is -4.76. The number of nitrogens with zero attached hydrogens (tertiary/aromatic N) is 1. The lowest BCUT2D eigenvalue weighted by Crippen LogP contribution is -2.16. The van der Waals surface area contributed by atoms with Gasteiger partial charge < -0.3 is 4.74 Å². The van der Waals surface area contributed by atoms with Gasteiger partial charge in [0.1, 0.15) is 17.3 Å². The van der Waals surface area contributed by atoms with E-state index in [-0.39, 0.29) is 11.4 Å². The fourth-order valence-electron chi connectivity index (χ4n) is 0.920. The van der Waals surface area contributed by atoms with Crippen LogP contribution in [-0.4, -0.2) is 18.5 Å². The molecule has 0 N–H and O–H groups in total. The Morgan fingerprint density at radius 1 is 1.38 bits per heavy atom. The van der Waals surface area contributed by atoms with Crippen LogP contribution in [0, 0.1) is 5.82 Å². The minimum Gasteiger partial charge on any atom is -0.494 e. The summed E-state index contributed by atoms with van der Waals surface area (Å²) in [7, 11) is 1.23. The highest BCUT2D eigenvalue weighted by Crippen LogP contribution is 2.31. The van der Waals surface area contributed by atoms with E-state index in [1.165, 1.54) is 7.11 Å². The Morgan fingerprint density at radius 3 is 2.50 bits per heavy atom. The summed E-state index contributed by atoms with van der Waals surface area (Å²) in [6.45, 7) is 0. The quantitative estimate of drug-likeness (QED) is 0.584. The van der Waals surface area contributed by atoms with Crippen LogP contribution in [-0.2, 0) is 0 Å². The van der Waals surface area contributed by atoms with Crippen molar-refractivity contribution >= 4 is 22.5 Å². The fraction of sp³-hybridized carbons (Fsp3) is 0.222. The summed E-state index contributed by atoms with van der Waals surface area (Å²) in [6, 6.07) is 3.00. The van der Waals surface area contributed by atoms with Crippen molar-refractivity contribution in [2.24, 2.45) is 4.99 Å². The lowest BCUT2D eigenvalue weighted by atomic mass is 10.3. The van der Waals surface area contributed by atoms with Crippen LogP contribution in [0.4, 0.5) is 23.2 Å². The summed E-state index contributed by atoms with van der Waals surface area (Å²) in [5, 5.41) is -1.59. The molecule has 1 rings (SSSR count). The van der Waals surface area contributed by atoms with Crippen molar-refractivity contribution in [3.63, 3.8) is 0 Å². The van der Waals surface area contributed by atoms with E-state index in [0.717, 1.165) is 18.2 Å². The highest BCUT2D eigenvalue weighted by Gasteiger charge is 2.34. The molecule has 0 spiro atoms. The molecular weight excluding hydrogens is 250 g/mol. The second-order valence-electron chi connectivity index (χ2n) is 2.72. The van der Waals surface area contributed by atoms with E-state index < -0.39 is 17.2 Å². The second-order valence-corrected chi connectivity index (χ2v) is 3.07. The Balaban J connectivity index is 3.18. The van der Waals surface area contributed by atoms with Crippen molar-refractivity contribution in [1.82, 2.24) is 0 Å². The molecule has 0 aliphatic rings. The standard InChI is InChI=1S/C9H6ClF4NO/c1-16-7-3-2-5(11)4-6(7)15-8(10)9(12,13)14/h2-4H,1H3. The SMILES string of the molecule is COc1ccc(F)cc1N=C(Cl)C(F)(F)F. The largest absolute Gasteiger partial charge is 0.494 e. The number of methoxy groups -OCH3 is 1. The molecule has 0 saturated carbocycles. The zero-order valence-corrected chi connectivity index (χ0v) is 8.73. The summed E-state index contributed by atoms with van der Waals surface area (Å²) in [6.07, 6.45) is -4.76. The number of aliphatic imine (C=N–C) groups is 1. The zero-order chi connectivity index (χ0) is 12.3. The smallest absolute Gasteiger partial charge is 0.444 e. The van der Waals surface area contributed by atoms with Gasteiger partial charge in [0.05, 0.1) is 7.11 Å². The maximum atomic E-state index is 12.8. The molecule has 0 aliphatic carbocycles. The third-order valence-corrected chi connectivity index (χ3v) is 1.89. The van der Waals surface area contributed by atoms with E-state index in [1.54, 1.807) is 0 Å². The number of halogens is 5. The van der Waals surface area contributed by atoms with Crippen LogP contribution in [0.3, 0.4) is 0 Å². The molecule has 0 heterocycles. The maximum absolute atomic E-state index is 12.8. The van der Waals surface area contributed by atoms with Gasteiger partial charge in [0.2, 0.25) is 5.17 Å². The number of ether oxygens (including phenoxy) is 1. The molecule has 7 heteroatoms. The van der Waals surface area contributed by atoms with Gasteiger partial charge in [-0.05, 0) is 12.1 Å². The molecule has 0 amide bonds. The molecule has 16 heavy (non-hydrogen) atoms. The van der Waals surface area contributed by atoms with E-state index in [4.69, 9.17) is 16.3 Å². The fourth-order valence-corrected chi connectivity index (χ4v) is 1.01. The van der Waals surface area contributed by atoms with Crippen molar-refractivity contribution < 1.29 is 22.3 Å². The molecule has 1 aromatic carbocycles. The Labute approximate surface area is 93.5 Å². The number of benzene rings is 1. The lowest BCUT2D eigenvalue weighted by molar-refractivity contribution is -0.0558. The summed E-state index contributed by atoms with van der Waals surface area (Å²) in [4.78, 5) is 3.05. The predicted octanol–water partition coefficient (Wildman–Crippen LogP) is 3.67. The molecule has 2 nitrogen and oxygen atoms in total. The third kappa shape index (κ3) is 3.10. The minimum absolute atomic E-state index is 0.00352. The molecular formula is C9H6ClF4NO. The van der Waals surface area contributed by atoms with Gasteiger partial charge in [0.25, 0.3) is 0 Å². The summed E-state index contributed by atoms with van der Waals surface area (Å²) < 4.78 is 53.7. The van der Waals surface area contributed by atoms with Crippen LogP contribution in [0.25, 0.3) is 0 Å². The first kappa shape index (κ1) is 12.8. The normalized spacial score (nSPS) is 12.8. The van der Waals surface area contributed by atoms with Gasteiger partial charge >= 0.3 is 6.18 Å². The first-order valence-corrected chi connectivity index (χ1v) is 4.37.